The van der Waals surface area contributed by atoms with Gasteiger partial charge in [0.1, 0.15) is 12.2 Å². The summed E-state index contributed by atoms with van der Waals surface area (Å²) in [5, 5.41) is 2.64. The molecule has 168 valence electrons. The van der Waals surface area contributed by atoms with Crippen molar-refractivity contribution >= 4 is 55.3 Å². The van der Waals surface area contributed by atoms with Gasteiger partial charge in [0.25, 0.3) is 5.56 Å². The lowest BCUT2D eigenvalue weighted by molar-refractivity contribution is -0.143. The second-order valence-electron chi connectivity index (χ2n) is 8.75. The Balaban J connectivity index is 1.36. The topological polar surface area (TPSA) is 93.4 Å². The van der Waals surface area contributed by atoms with Gasteiger partial charge >= 0.3 is 0 Å². The van der Waals surface area contributed by atoms with Gasteiger partial charge in [-0.2, -0.15) is 0 Å². The van der Waals surface area contributed by atoms with Crippen LogP contribution in [-0.4, -0.2) is 48.2 Å². The van der Waals surface area contributed by atoms with E-state index in [9.17, 15) is 19.2 Å². The third kappa shape index (κ3) is 2.98. The van der Waals surface area contributed by atoms with E-state index in [-0.39, 0.29) is 62.9 Å². The Kier molecular flexibility index (Phi) is 5.20. The number of carbonyl (C=O) groups excluding carboxylic acids is 3. The molecular weight excluding hydrogens is 544 g/mol. The monoisotopic (exact) mass is 564 g/mol. The third-order valence-electron chi connectivity index (χ3n) is 7.20. The molecule has 0 unspecified atom stereocenters. The molecule has 2 aromatic rings. The van der Waals surface area contributed by atoms with E-state index < -0.39 is 5.91 Å². The van der Waals surface area contributed by atoms with Crippen molar-refractivity contribution in [3.05, 3.63) is 46.4 Å². The number of alkyl halides is 2. The Hall–Kier alpha value is -2.20. The van der Waals surface area contributed by atoms with Crippen molar-refractivity contribution in [3.63, 3.8) is 0 Å². The lowest BCUT2D eigenvalue weighted by Crippen LogP contribution is -2.40. The van der Waals surface area contributed by atoms with Crippen LogP contribution in [0.2, 0.25) is 0 Å². The molecule has 0 spiro atoms. The number of para-hydroxylation sites is 1. The molecule has 10 heteroatoms. The van der Waals surface area contributed by atoms with Gasteiger partial charge in [-0.25, -0.2) is 4.68 Å². The minimum Gasteiger partial charge on any atom is -0.318 e. The molecule has 5 rings (SSSR count). The van der Waals surface area contributed by atoms with E-state index in [2.05, 4.69) is 37.2 Å². The molecule has 8 nitrogen and oxygen atoms in total. The Morgan fingerprint density at radius 1 is 1.03 bits per heavy atom. The Morgan fingerprint density at radius 3 is 2.16 bits per heavy atom. The van der Waals surface area contributed by atoms with Crippen LogP contribution in [0.3, 0.4) is 0 Å². The molecule has 2 aliphatic carbocycles. The van der Waals surface area contributed by atoms with Crippen LogP contribution in [-0.2, 0) is 21.4 Å². The van der Waals surface area contributed by atoms with Crippen LogP contribution in [0.15, 0.2) is 35.1 Å². The van der Waals surface area contributed by atoms with Gasteiger partial charge in [-0.05, 0) is 37.3 Å². The summed E-state index contributed by atoms with van der Waals surface area (Å²) < 4.78 is 3.12. The molecule has 32 heavy (non-hydrogen) atoms. The van der Waals surface area contributed by atoms with Crippen LogP contribution in [0, 0.1) is 30.6 Å². The number of rotatable bonds is 4. The minimum absolute atomic E-state index is 0.0910. The van der Waals surface area contributed by atoms with Gasteiger partial charge in [0, 0.05) is 16.7 Å². The molecule has 1 aromatic carbocycles. The summed E-state index contributed by atoms with van der Waals surface area (Å²) >= 11 is 7.31. The molecule has 2 saturated carbocycles. The van der Waals surface area contributed by atoms with Crippen LogP contribution in [0.1, 0.15) is 12.1 Å². The molecule has 1 aromatic heterocycles. The number of nitrogens with zero attached hydrogens (tertiary/aromatic N) is 3. The number of likely N-dealkylation sites (tertiary alicyclic amines) is 1. The highest BCUT2D eigenvalue weighted by atomic mass is 79.9. The van der Waals surface area contributed by atoms with Crippen LogP contribution >= 0.6 is 31.9 Å². The van der Waals surface area contributed by atoms with E-state index in [1.165, 1.54) is 4.68 Å². The zero-order valence-corrected chi connectivity index (χ0v) is 20.7. The van der Waals surface area contributed by atoms with Crippen LogP contribution in [0.5, 0.6) is 0 Å². The molecule has 1 N–H and O–H groups in total. The van der Waals surface area contributed by atoms with E-state index in [1.807, 2.05) is 18.2 Å². The van der Waals surface area contributed by atoms with Crippen molar-refractivity contribution in [2.75, 3.05) is 11.9 Å². The van der Waals surface area contributed by atoms with Crippen LogP contribution < -0.4 is 10.9 Å². The van der Waals surface area contributed by atoms with E-state index in [0.717, 1.165) is 11.3 Å². The standard InChI is InChI=1S/C22H22Br2N4O4/c1-10-19(22(32)28(26(10)2)11-6-4-3-5-7-11)25-14(29)9-27-20(30)15-12-8-13(16(15)21(27)31)18(24)17(12)23/h3-7,12-13,15-18H,8-9H2,1-2H3,(H,25,29)/t12-,13-,15-,16-,17-,18+/m1/s1. The van der Waals surface area contributed by atoms with E-state index >= 15 is 0 Å². The summed E-state index contributed by atoms with van der Waals surface area (Å²) in [5.74, 6) is -1.67. The molecule has 3 fully saturated rings. The summed E-state index contributed by atoms with van der Waals surface area (Å²) in [6.07, 6.45) is 0.834. The fourth-order valence-electron chi connectivity index (χ4n) is 5.60. The number of carbonyl (C=O) groups is 3. The fourth-order valence-corrected chi connectivity index (χ4v) is 7.47. The average Bonchev–Trinajstić information content (AvgIpc) is 3.43. The van der Waals surface area contributed by atoms with E-state index in [1.54, 1.807) is 30.8 Å². The van der Waals surface area contributed by atoms with Crippen molar-refractivity contribution in [2.24, 2.45) is 30.7 Å². The minimum atomic E-state index is -0.559. The second kappa shape index (κ2) is 7.69. The SMILES string of the molecule is Cc1c(NC(=O)CN2C(=O)[C@@H]3[C@H]4C[C@@H]([C@@H](Br)[C@H]4Br)[C@H]3C2=O)c(=O)n(-c2ccccc2)n1C. The van der Waals surface area contributed by atoms with E-state index in [0.29, 0.717) is 11.4 Å². The van der Waals surface area contributed by atoms with Crippen molar-refractivity contribution in [2.45, 2.75) is 23.0 Å². The number of hydrogen-bond donors (Lipinski definition) is 1. The van der Waals surface area contributed by atoms with Crippen LogP contribution in [0.25, 0.3) is 5.69 Å². The third-order valence-corrected chi connectivity index (χ3v) is 10.4. The lowest BCUT2D eigenvalue weighted by Gasteiger charge is -2.28. The predicted octanol–water partition coefficient (Wildman–Crippen LogP) is 2.20. The summed E-state index contributed by atoms with van der Waals surface area (Å²) in [7, 11) is 1.73. The largest absolute Gasteiger partial charge is 0.318 e. The first-order valence-electron chi connectivity index (χ1n) is 10.5. The maximum absolute atomic E-state index is 13.0. The van der Waals surface area contributed by atoms with Crippen molar-refractivity contribution < 1.29 is 14.4 Å². The molecule has 3 aliphatic rings. The fraction of sp³-hybridized carbons (Fsp3) is 0.455. The summed E-state index contributed by atoms with van der Waals surface area (Å²) in [6, 6.07) is 9.11. The van der Waals surface area contributed by atoms with Crippen molar-refractivity contribution in [3.8, 4) is 5.69 Å². The number of aromatic nitrogens is 2. The number of amides is 3. The number of nitrogens with one attached hydrogen (secondary N) is 1. The summed E-state index contributed by atoms with van der Waals surface area (Å²) in [5.41, 5.74) is 1.01. The van der Waals surface area contributed by atoms with Gasteiger partial charge < -0.3 is 5.32 Å². The van der Waals surface area contributed by atoms with Gasteiger partial charge in [0.05, 0.1) is 23.2 Å². The number of halogens is 2. The molecule has 2 bridgehead atoms. The molecule has 1 saturated heterocycles. The van der Waals surface area contributed by atoms with Gasteiger partial charge in [0.15, 0.2) is 0 Å². The Bertz CT molecular complexity index is 1160. The highest BCUT2D eigenvalue weighted by Gasteiger charge is 2.66. The molecule has 6 atom stereocenters. The van der Waals surface area contributed by atoms with Gasteiger partial charge in [-0.15, -0.1) is 0 Å². The lowest BCUT2D eigenvalue weighted by atomic mass is 9.81. The Labute approximate surface area is 201 Å². The summed E-state index contributed by atoms with van der Waals surface area (Å²) in [4.78, 5) is 53.2. The number of imide groups is 1. The molecule has 3 amide bonds. The maximum atomic E-state index is 13.0. The van der Waals surface area contributed by atoms with Gasteiger partial charge in [0.2, 0.25) is 17.7 Å². The number of fused-ring (bicyclic) bond motifs is 5. The first-order chi connectivity index (χ1) is 15.2. The Morgan fingerprint density at radius 2 is 1.59 bits per heavy atom. The normalized spacial score (nSPS) is 30.8. The quantitative estimate of drug-likeness (QED) is 0.454. The highest BCUT2D eigenvalue weighted by molar-refractivity contribution is 9.12. The van der Waals surface area contributed by atoms with E-state index in [4.69, 9.17) is 0 Å². The molecule has 1 aliphatic heterocycles. The number of hydrogen-bond acceptors (Lipinski definition) is 4. The first-order valence-corrected chi connectivity index (χ1v) is 12.3. The predicted molar refractivity (Wildman–Crippen MR) is 125 cm³/mol. The van der Waals surface area contributed by atoms with Gasteiger partial charge in [-0.1, -0.05) is 50.1 Å². The zero-order chi connectivity index (χ0) is 22.9. The molecule has 0 radical (unpaired) electrons. The van der Waals surface area contributed by atoms with Crippen molar-refractivity contribution in [1.82, 2.24) is 14.3 Å². The smallest absolute Gasteiger partial charge is 0.295 e. The maximum Gasteiger partial charge on any atom is 0.295 e. The molecule has 2 heterocycles. The average molecular weight is 566 g/mol. The van der Waals surface area contributed by atoms with Crippen LogP contribution in [0.4, 0.5) is 5.69 Å². The highest BCUT2D eigenvalue weighted by Crippen LogP contribution is 2.60. The second-order valence-corrected chi connectivity index (χ2v) is 10.9. The number of benzene rings is 1. The first kappa shape index (κ1) is 21.6. The number of anilines is 1. The zero-order valence-electron chi connectivity index (χ0n) is 17.5. The van der Waals surface area contributed by atoms with Gasteiger partial charge in [-0.3, -0.25) is 28.8 Å². The van der Waals surface area contributed by atoms with Crippen molar-refractivity contribution in [1.29, 1.82) is 0 Å². The molecular formula is C22H22Br2N4O4. The summed E-state index contributed by atoms with van der Waals surface area (Å²) in [6.45, 7) is 1.35.